The topological polar surface area (TPSA) is 84.6 Å². The van der Waals surface area contributed by atoms with E-state index in [1.807, 2.05) is 0 Å². The number of nitrogens with zero attached hydrogens (tertiary/aromatic N) is 6. The van der Waals surface area contributed by atoms with E-state index in [9.17, 15) is 4.39 Å². The Kier molecular flexibility index (Phi) is 1.36. The number of rotatable bonds is 0. The summed E-state index contributed by atoms with van der Waals surface area (Å²) in [7, 11) is 0. The van der Waals surface area contributed by atoms with Crippen LogP contribution in [0.1, 0.15) is 0 Å². The van der Waals surface area contributed by atoms with Gasteiger partial charge in [-0.2, -0.15) is 4.52 Å². The molecule has 82 valence electrons. The number of nitrogens with one attached hydrogen (secondary N) is 1. The lowest BCUT2D eigenvalue weighted by atomic mass is 10.2. The van der Waals surface area contributed by atoms with Crippen molar-refractivity contribution in [2.45, 2.75) is 0 Å². The molecule has 0 aliphatic rings. The second-order valence-corrected chi connectivity index (χ2v) is 3.60. The van der Waals surface area contributed by atoms with Gasteiger partial charge >= 0.3 is 0 Å². The molecular weight excluding hydrogens is 225 g/mol. The molecule has 8 heteroatoms. The Morgan fingerprint density at radius 1 is 1.18 bits per heavy atom. The average Bonchev–Trinajstić information content (AvgIpc) is 2.91. The maximum absolute atomic E-state index is 13.2. The summed E-state index contributed by atoms with van der Waals surface area (Å²) in [6.45, 7) is 0. The summed E-state index contributed by atoms with van der Waals surface area (Å²) in [6.07, 6.45) is 0. The van der Waals surface area contributed by atoms with Crippen LogP contribution in [0.4, 0.5) is 4.39 Å². The molecule has 4 rings (SSSR count). The van der Waals surface area contributed by atoms with Crippen molar-refractivity contribution in [1.29, 1.82) is 0 Å². The molecule has 0 radical (unpaired) electrons. The van der Waals surface area contributed by atoms with Crippen LogP contribution in [0.25, 0.3) is 27.8 Å². The molecule has 0 fully saturated rings. The fourth-order valence-electron chi connectivity index (χ4n) is 1.87. The van der Waals surface area contributed by atoms with Gasteiger partial charge in [0, 0.05) is 10.9 Å². The Hall–Kier alpha value is -2.64. The van der Waals surface area contributed by atoms with Gasteiger partial charge in [0.1, 0.15) is 11.3 Å². The summed E-state index contributed by atoms with van der Waals surface area (Å²) < 4.78 is 14.6. The Morgan fingerprint density at radius 3 is 3.06 bits per heavy atom. The van der Waals surface area contributed by atoms with E-state index >= 15 is 0 Å². The van der Waals surface area contributed by atoms with Crippen LogP contribution in [0.3, 0.4) is 0 Å². The van der Waals surface area contributed by atoms with E-state index in [-0.39, 0.29) is 5.82 Å². The Morgan fingerprint density at radius 2 is 2.12 bits per heavy atom. The van der Waals surface area contributed by atoms with Crippen molar-refractivity contribution in [2.75, 3.05) is 0 Å². The van der Waals surface area contributed by atoms with Crippen LogP contribution in [0.15, 0.2) is 18.2 Å². The minimum absolute atomic E-state index is 0.296. The standard InChI is InChI=1S/C9H4FN7/c10-4-1-2-6-5(3-4)7-8(11-6)17-9(13-12-7)14-15-16-17/h1-3,11H. The molecule has 0 spiro atoms. The molecule has 4 aromatic rings. The molecule has 0 saturated carbocycles. The first-order chi connectivity index (χ1) is 8.33. The van der Waals surface area contributed by atoms with E-state index < -0.39 is 0 Å². The molecule has 0 aliphatic carbocycles. The third-order valence-electron chi connectivity index (χ3n) is 2.62. The lowest BCUT2D eigenvalue weighted by molar-refractivity contribution is 0.630. The fourth-order valence-corrected chi connectivity index (χ4v) is 1.87. The van der Waals surface area contributed by atoms with Gasteiger partial charge in [0.05, 0.1) is 0 Å². The van der Waals surface area contributed by atoms with Crippen molar-refractivity contribution in [3.8, 4) is 0 Å². The first-order valence-corrected chi connectivity index (χ1v) is 4.85. The molecule has 0 atom stereocenters. The number of aromatic nitrogens is 7. The number of hydrogen-bond acceptors (Lipinski definition) is 5. The highest BCUT2D eigenvalue weighted by Crippen LogP contribution is 2.23. The fraction of sp³-hybridized carbons (Fsp3) is 0. The maximum atomic E-state index is 13.2. The van der Waals surface area contributed by atoms with Crippen LogP contribution < -0.4 is 0 Å². The molecule has 7 nitrogen and oxygen atoms in total. The normalized spacial score (nSPS) is 11.8. The summed E-state index contributed by atoms with van der Waals surface area (Å²) in [5.74, 6) is -0.0264. The Balaban J connectivity index is 2.33. The SMILES string of the molecule is Fc1ccc2[nH]c3c(nnc4nnnn43)c2c1. The smallest absolute Gasteiger partial charge is 0.294 e. The number of benzene rings is 1. The number of halogens is 1. The van der Waals surface area contributed by atoms with Gasteiger partial charge in [0.25, 0.3) is 5.78 Å². The highest BCUT2D eigenvalue weighted by molar-refractivity contribution is 6.03. The van der Waals surface area contributed by atoms with E-state index in [0.717, 1.165) is 5.52 Å². The molecule has 0 amide bonds. The summed E-state index contributed by atoms with van der Waals surface area (Å²) in [4.78, 5) is 3.09. The predicted molar refractivity (Wildman–Crippen MR) is 55.7 cm³/mol. The average molecular weight is 229 g/mol. The van der Waals surface area contributed by atoms with Crippen molar-refractivity contribution < 1.29 is 4.39 Å². The zero-order valence-electron chi connectivity index (χ0n) is 8.29. The van der Waals surface area contributed by atoms with Crippen LogP contribution in [0.2, 0.25) is 0 Å². The first-order valence-electron chi connectivity index (χ1n) is 4.85. The molecule has 1 N–H and O–H groups in total. The van der Waals surface area contributed by atoms with Crippen molar-refractivity contribution >= 4 is 27.8 Å². The summed E-state index contributed by atoms with van der Waals surface area (Å²) in [5.41, 5.74) is 1.90. The quantitative estimate of drug-likeness (QED) is 0.479. The molecule has 1 aromatic carbocycles. The number of H-pyrrole nitrogens is 1. The van der Waals surface area contributed by atoms with Crippen LogP contribution in [0, 0.1) is 5.82 Å². The van der Waals surface area contributed by atoms with Crippen molar-refractivity contribution in [1.82, 2.24) is 35.2 Å². The highest BCUT2D eigenvalue weighted by Gasteiger charge is 2.12. The molecule has 0 saturated heterocycles. The van der Waals surface area contributed by atoms with Gasteiger partial charge < -0.3 is 4.98 Å². The monoisotopic (exact) mass is 229 g/mol. The van der Waals surface area contributed by atoms with Gasteiger partial charge in [-0.25, -0.2) is 4.39 Å². The van der Waals surface area contributed by atoms with Gasteiger partial charge in [-0.3, -0.25) is 0 Å². The third kappa shape index (κ3) is 1.01. The zero-order valence-corrected chi connectivity index (χ0v) is 8.29. The Bertz CT molecular complexity index is 862. The maximum Gasteiger partial charge on any atom is 0.294 e. The third-order valence-corrected chi connectivity index (χ3v) is 2.62. The van der Waals surface area contributed by atoms with Crippen molar-refractivity contribution in [3.05, 3.63) is 24.0 Å². The van der Waals surface area contributed by atoms with Crippen LogP contribution in [0.5, 0.6) is 0 Å². The number of tetrazole rings is 1. The summed E-state index contributed by atoms with van der Waals surface area (Å²) in [5, 5.41) is 19.5. The number of hydrogen-bond donors (Lipinski definition) is 1. The largest absolute Gasteiger partial charge is 0.338 e. The summed E-state index contributed by atoms with van der Waals surface area (Å²) in [6, 6.07) is 4.42. The van der Waals surface area contributed by atoms with Gasteiger partial charge in [0.15, 0.2) is 5.65 Å². The van der Waals surface area contributed by atoms with Crippen molar-refractivity contribution in [2.24, 2.45) is 0 Å². The molecule has 3 heterocycles. The lowest BCUT2D eigenvalue weighted by Crippen LogP contribution is -1.95. The van der Waals surface area contributed by atoms with Crippen LogP contribution in [-0.4, -0.2) is 35.2 Å². The molecular formula is C9H4FN7. The highest BCUT2D eigenvalue weighted by atomic mass is 19.1. The molecule has 17 heavy (non-hydrogen) atoms. The van der Waals surface area contributed by atoms with Crippen molar-refractivity contribution in [3.63, 3.8) is 0 Å². The van der Waals surface area contributed by atoms with Gasteiger partial charge in [-0.15, -0.1) is 10.2 Å². The van der Waals surface area contributed by atoms with E-state index in [0.29, 0.717) is 22.3 Å². The molecule has 0 aliphatic heterocycles. The minimum atomic E-state index is -0.322. The van der Waals surface area contributed by atoms with E-state index in [2.05, 4.69) is 30.7 Å². The van der Waals surface area contributed by atoms with E-state index in [1.54, 1.807) is 6.07 Å². The first kappa shape index (κ1) is 8.50. The summed E-state index contributed by atoms with van der Waals surface area (Å²) >= 11 is 0. The predicted octanol–water partition coefficient (Wildman–Crippen LogP) is 0.688. The van der Waals surface area contributed by atoms with Crippen LogP contribution in [-0.2, 0) is 0 Å². The Labute approximate surface area is 92.3 Å². The number of aromatic amines is 1. The van der Waals surface area contributed by atoms with E-state index in [1.165, 1.54) is 16.6 Å². The minimum Gasteiger partial charge on any atom is -0.338 e. The van der Waals surface area contributed by atoms with Gasteiger partial charge in [-0.05, 0) is 28.6 Å². The molecule has 3 aromatic heterocycles. The number of fused-ring (bicyclic) bond motifs is 5. The van der Waals surface area contributed by atoms with Gasteiger partial charge in [-0.1, -0.05) is 5.10 Å². The second-order valence-electron chi connectivity index (χ2n) is 3.60. The van der Waals surface area contributed by atoms with E-state index in [4.69, 9.17) is 0 Å². The zero-order chi connectivity index (χ0) is 11.4. The second kappa shape index (κ2) is 2.73. The molecule has 0 unspecified atom stereocenters. The van der Waals surface area contributed by atoms with Crippen LogP contribution >= 0.6 is 0 Å². The van der Waals surface area contributed by atoms with Gasteiger partial charge in [0.2, 0.25) is 0 Å². The molecule has 0 bridgehead atoms. The lowest BCUT2D eigenvalue weighted by Gasteiger charge is -1.90.